The van der Waals surface area contributed by atoms with Crippen LogP contribution in [0.2, 0.25) is 0 Å². The van der Waals surface area contributed by atoms with E-state index in [1.165, 1.54) is 19.3 Å². The fourth-order valence-electron chi connectivity index (χ4n) is 2.69. The van der Waals surface area contributed by atoms with Gasteiger partial charge in [-0.2, -0.15) is 0 Å². The smallest absolute Gasteiger partial charge is 0.326 e. The fourth-order valence-corrected chi connectivity index (χ4v) is 2.69. The molecule has 0 bridgehead atoms. The molecule has 0 spiro atoms. The first kappa shape index (κ1) is 17.0. The number of likely N-dealkylation sites (tertiary alicyclic amines) is 1. The molecule has 20 heavy (non-hydrogen) atoms. The van der Waals surface area contributed by atoms with Crippen molar-refractivity contribution < 1.29 is 14.7 Å². The van der Waals surface area contributed by atoms with Crippen molar-refractivity contribution in [3.05, 3.63) is 0 Å². The van der Waals surface area contributed by atoms with Crippen molar-refractivity contribution in [3.8, 4) is 0 Å². The van der Waals surface area contributed by atoms with Crippen molar-refractivity contribution in [2.75, 3.05) is 13.1 Å². The van der Waals surface area contributed by atoms with Crippen LogP contribution in [0.25, 0.3) is 0 Å². The first-order chi connectivity index (χ1) is 9.41. The molecule has 0 radical (unpaired) electrons. The molecule has 1 aliphatic rings. The van der Waals surface area contributed by atoms with Gasteiger partial charge < -0.3 is 15.3 Å². The summed E-state index contributed by atoms with van der Waals surface area (Å²) < 4.78 is 0. The Kier molecular flexibility index (Phi) is 6.99. The maximum Gasteiger partial charge on any atom is 0.326 e. The van der Waals surface area contributed by atoms with Crippen LogP contribution < -0.4 is 5.32 Å². The van der Waals surface area contributed by atoms with Crippen molar-refractivity contribution in [2.24, 2.45) is 5.92 Å². The monoisotopic (exact) mass is 284 g/mol. The molecular formula is C15H28N2O3. The van der Waals surface area contributed by atoms with Crippen molar-refractivity contribution in [2.45, 2.75) is 65.0 Å². The van der Waals surface area contributed by atoms with E-state index in [2.05, 4.69) is 17.1 Å². The number of nitrogens with zero attached hydrogens (tertiary/aromatic N) is 1. The Morgan fingerprint density at radius 2 is 2.05 bits per heavy atom. The number of hydrogen-bond acceptors (Lipinski definition) is 3. The average molecular weight is 284 g/mol. The third-order valence-electron chi connectivity index (χ3n) is 4.04. The Balaban J connectivity index is 2.27. The summed E-state index contributed by atoms with van der Waals surface area (Å²) in [5, 5.41) is 11.6. The van der Waals surface area contributed by atoms with Crippen molar-refractivity contribution >= 4 is 11.9 Å². The maximum absolute atomic E-state index is 11.8. The number of carboxylic acids is 1. The number of carbonyl (C=O) groups excluding carboxylic acids is 1. The van der Waals surface area contributed by atoms with E-state index < -0.39 is 12.0 Å². The second-order valence-electron chi connectivity index (χ2n) is 6.11. The van der Waals surface area contributed by atoms with Gasteiger partial charge in [-0.15, -0.1) is 0 Å². The van der Waals surface area contributed by atoms with Gasteiger partial charge in [0.25, 0.3) is 0 Å². The van der Waals surface area contributed by atoms with Crippen LogP contribution in [0, 0.1) is 5.92 Å². The lowest BCUT2D eigenvalue weighted by Crippen LogP contribution is -2.44. The number of carbonyl (C=O) groups is 2. The minimum absolute atomic E-state index is 0.0985. The molecule has 1 rings (SSSR count). The summed E-state index contributed by atoms with van der Waals surface area (Å²) in [7, 11) is 0. The minimum atomic E-state index is -0.960. The summed E-state index contributed by atoms with van der Waals surface area (Å²) in [6.45, 7) is 7.88. The largest absolute Gasteiger partial charge is 0.480 e. The van der Waals surface area contributed by atoms with Crippen LogP contribution in [0.4, 0.5) is 0 Å². The van der Waals surface area contributed by atoms with Gasteiger partial charge in [-0.1, -0.05) is 20.3 Å². The van der Waals surface area contributed by atoms with Gasteiger partial charge in [0.05, 0.1) is 0 Å². The van der Waals surface area contributed by atoms with Crippen LogP contribution in [-0.2, 0) is 9.59 Å². The highest BCUT2D eigenvalue weighted by molar-refractivity contribution is 5.83. The van der Waals surface area contributed by atoms with Gasteiger partial charge in [0.2, 0.25) is 5.91 Å². The molecule has 0 aromatic heterocycles. The van der Waals surface area contributed by atoms with Crippen molar-refractivity contribution in [1.82, 2.24) is 10.2 Å². The lowest BCUT2D eigenvalue weighted by molar-refractivity contribution is -0.143. The molecule has 116 valence electrons. The molecule has 1 aliphatic heterocycles. The highest BCUT2D eigenvalue weighted by Gasteiger charge is 2.23. The van der Waals surface area contributed by atoms with E-state index >= 15 is 0 Å². The lowest BCUT2D eigenvalue weighted by Gasteiger charge is -2.33. The Morgan fingerprint density at radius 1 is 1.35 bits per heavy atom. The molecule has 1 fully saturated rings. The minimum Gasteiger partial charge on any atom is -0.480 e. The summed E-state index contributed by atoms with van der Waals surface area (Å²) in [5.41, 5.74) is 0. The van der Waals surface area contributed by atoms with Gasteiger partial charge in [-0.3, -0.25) is 4.79 Å². The molecule has 0 aliphatic carbocycles. The number of rotatable bonds is 7. The highest BCUT2D eigenvalue weighted by atomic mass is 16.4. The number of hydrogen-bond donors (Lipinski definition) is 2. The Labute approximate surface area is 121 Å². The highest BCUT2D eigenvalue weighted by Crippen LogP contribution is 2.16. The van der Waals surface area contributed by atoms with Crippen molar-refractivity contribution in [1.29, 1.82) is 0 Å². The molecule has 1 heterocycles. The second kappa shape index (κ2) is 8.25. The molecule has 1 saturated heterocycles. The van der Waals surface area contributed by atoms with Crippen molar-refractivity contribution in [3.63, 3.8) is 0 Å². The fraction of sp³-hybridized carbons (Fsp3) is 0.867. The van der Waals surface area contributed by atoms with Crippen LogP contribution in [0.1, 0.15) is 52.9 Å². The molecule has 2 unspecified atom stereocenters. The SMILES string of the molecule is CC(C)C(NC(=O)CCCN1CCCCC1C)C(=O)O. The molecule has 5 nitrogen and oxygen atoms in total. The first-order valence-corrected chi connectivity index (χ1v) is 7.68. The van der Waals surface area contributed by atoms with Crippen LogP contribution in [0.3, 0.4) is 0 Å². The van der Waals surface area contributed by atoms with E-state index in [9.17, 15) is 9.59 Å². The number of carboxylic acid groups (broad SMARTS) is 1. The molecular weight excluding hydrogens is 256 g/mol. The first-order valence-electron chi connectivity index (χ1n) is 7.68. The van der Waals surface area contributed by atoms with E-state index in [0.717, 1.165) is 19.5 Å². The quantitative estimate of drug-likeness (QED) is 0.749. The topological polar surface area (TPSA) is 69.6 Å². The predicted molar refractivity (Wildman–Crippen MR) is 78.5 cm³/mol. The van der Waals surface area contributed by atoms with Crippen LogP contribution in [-0.4, -0.2) is 47.1 Å². The van der Waals surface area contributed by atoms with Gasteiger partial charge in [0.1, 0.15) is 6.04 Å². The second-order valence-corrected chi connectivity index (χ2v) is 6.11. The van der Waals surface area contributed by atoms with E-state index in [-0.39, 0.29) is 11.8 Å². The summed E-state index contributed by atoms with van der Waals surface area (Å²) >= 11 is 0. The Morgan fingerprint density at radius 3 is 2.60 bits per heavy atom. The molecule has 2 atom stereocenters. The molecule has 5 heteroatoms. The van der Waals surface area contributed by atoms with Crippen LogP contribution in [0.5, 0.6) is 0 Å². The van der Waals surface area contributed by atoms with Gasteiger partial charge in [0.15, 0.2) is 0 Å². The van der Waals surface area contributed by atoms with Gasteiger partial charge in [-0.25, -0.2) is 4.79 Å². The normalized spacial score (nSPS) is 21.7. The molecule has 1 amide bonds. The van der Waals surface area contributed by atoms with E-state index in [4.69, 9.17) is 5.11 Å². The summed E-state index contributed by atoms with van der Waals surface area (Å²) in [5.74, 6) is -1.22. The average Bonchev–Trinajstić information content (AvgIpc) is 2.37. The third kappa shape index (κ3) is 5.49. The molecule has 0 aromatic rings. The molecule has 2 N–H and O–H groups in total. The summed E-state index contributed by atoms with van der Waals surface area (Å²) in [4.78, 5) is 25.2. The standard InChI is InChI=1S/C15H28N2O3/c1-11(2)14(15(19)20)16-13(18)8-6-10-17-9-5-4-7-12(17)3/h11-12,14H,4-10H2,1-3H3,(H,16,18)(H,19,20). The predicted octanol–water partition coefficient (Wildman–Crippen LogP) is 1.87. The van der Waals surface area contributed by atoms with Gasteiger partial charge in [0, 0.05) is 12.5 Å². The van der Waals surface area contributed by atoms with E-state index in [1.807, 2.05) is 0 Å². The third-order valence-corrected chi connectivity index (χ3v) is 4.04. The van der Waals surface area contributed by atoms with Crippen LogP contribution in [0.15, 0.2) is 0 Å². The number of piperidine rings is 1. The zero-order valence-corrected chi connectivity index (χ0v) is 12.9. The van der Waals surface area contributed by atoms with Crippen LogP contribution >= 0.6 is 0 Å². The van der Waals surface area contributed by atoms with E-state index in [1.54, 1.807) is 13.8 Å². The Hall–Kier alpha value is -1.10. The zero-order chi connectivity index (χ0) is 15.1. The van der Waals surface area contributed by atoms with E-state index in [0.29, 0.717) is 12.5 Å². The lowest BCUT2D eigenvalue weighted by atomic mass is 10.0. The van der Waals surface area contributed by atoms with Gasteiger partial charge >= 0.3 is 5.97 Å². The summed E-state index contributed by atoms with van der Waals surface area (Å²) in [6.07, 6.45) is 4.97. The number of aliphatic carboxylic acids is 1. The zero-order valence-electron chi connectivity index (χ0n) is 12.9. The molecule has 0 aromatic carbocycles. The number of nitrogens with one attached hydrogen (secondary N) is 1. The van der Waals surface area contributed by atoms with Gasteiger partial charge in [-0.05, 0) is 45.2 Å². The molecule has 0 saturated carbocycles. The summed E-state index contributed by atoms with van der Waals surface area (Å²) in [6, 6.07) is -0.175. The maximum atomic E-state index is 11.8. The Bertz CT molecular complexity index is 331. The number of amides is 1.